The predicted molar refractivity (Wildman–Crippen MR) is 86.1 cm³/mol. The van der Waals surface area contributed by atoms with Gasteiger partial charge in [0.15, 0.2) is 0 Å². The molecule has 0 spiro atoms. The van der Waals surface area contributed by atoms with Crippen molar-refractivity contribution in [3.8, 4) is 0 Å². The SMILES string of the molecule is CCNc1cccc(Cn2cnc3c(C)csc3c2=O)n1. The molecule has 3 aromatic heterocycles. The van der Waals surface area contributed by atoms with Gasteiger partial charge in [-0.2, -0.15) is 0 Å². The fourth-order valence-corrected chi connectivity index (χ4v) is 3.14. The Labute approximate surface area is 126 Å². The summed E-state index contributed by atoms with van der Waals surface area (Å²) >= 11 is 1.45. The summed E-state index contributed by atoms with van der Waals surface area (Å²) in [5.41, 5.74) is 2.68. The van der Waals surface area contributed by atoms with Gasteiger partial charge in [0.2, 0.25) is 0 Å². The van der Waals surface area contributed by atoms with Crippen LogP contribution in [0.2, 0.25) is 0 Å². The molecule has 0 bridgehead atoms. The molecule has 1 N–H and O–H groups in total. The topological polar surface area (TPSA) is 59.8 Å². The number of nitrogens with one attached hydrogen (secondary N) is 1. The van der Waals surface area contributed by atoms with Crippen molar-refractivity contribution in [2.75, 3.05) is 11.9 Å². The van der Waals surface area contributed by atoms with Gasteiger partial charge in [0.25, 0.3) is 5.56 Å². The van der Waals surface area contributed by atoms with E-state index in [1.165, 1.54) is 11.3 Å². The minimum Gasteiger partial charge on any atom is -0.370 e. The van der Waals surface area contributed by atoms with Crippen molar-refractivity contribution in [3.05, 3.63) is 51.5 Å². The quantitative estimate of drug-likeness (QED) is 0.804. The van der Waals surface area contributed by atoms with E-state index in [0.29, 0.717) is 11.2 Å². The molecule has 0 aliphatic rings. The Morgan fingerprint density at radius 1 is 1.38 bits per heavy atom. The van der Waals surface area contributed by atoms with Gasteiger partial charge >= 0.3 is 0 Å². The van der Waals surface area contributed by atoms with Crippen molar-refractivity contribution in [3.63, 3.8) is 0 Å². The van der Waals surface area contributed by atoms with Crippen LogP contribution in [-0.4, -0.2) is 21.1 Å². The van der Waals surface area contributed by atoms with Gasteiger partial charge in [0, 0.05) is 6.54 Å². The Bertz CT molecular complexity index is 837. The summed E-state index contributed by atoms with van der Waals surface area (Å²) in [6.07, 6.45) is 1.60. The average molecular weight is 300 g/mol. The highest BCUT2D eigenvalue weighted by molar-refractivity contribution is 7.17. The molecule has 0 aliphatic carbocycles. The zero-order valence-corrected chi connectivity index (χ0v) is 12.8. The zero-order chi connectivity index (χ0) is 14.8. The van der Waals surface area contributed by atoms with Crippen LogP contribution in [0, 0.1) is 6.92 Å². The first-order valence-electron chi connectivity index (χ1n) is 6.82. The van der Waals surface area contributed by atoms with Gasteiger partial charge in [-0.25, -0.2) is 9.97 Å². The monoisotopic (exact) mass is 300 g/mol. The third-order valence-electron chi connectivity index (χ3n) is 3.22. The maximum atomic E-state index is 12.4. The molecular weight excluding hydrogens is 284 g/mol. The van der Waals surface area contributed by atoms with Gasteiger partial charge in [-0.3, -0.25) is 9.36 Å². The highest BCUT2D eigenvalue weighted by Crippen LogP contribution is 2.19. The average Bonchev–Trinajstić information content (AvgIpc) is 2.85. The fourth-order valence-electron chi connectivity index (χ4n) is 2.19. The summed E-state index contributed by atoms with van der Waals surface area (Å²) in [6, 6.07) is 5.77. The third kappa shape index (κ3) is 2.67. The van der Waals surface area contributed by atoms with E-state index in [9.17, 15) is 4.79 Å². The molecule has 0 radical (unpaired) electrons. The number of aryl methyl sites for hydroxylation is 1. The van der Waals surface area contributed by atoms with E-state index in [1.54, 1.807) is 10.9 Å². The third-order valence-corrected chi connectivity index (χ3v) is 4.30. The number of thiophene rings is 1. The van der Waals surface area contributed by atoms with Crippen molar-refractivity contribution in [1.29, 1.82) is 0 Å². The van der Waals surface area contributed by atoms with Crippen LogP contribution in [0.5, 0.6) is 0 Å². The Kier molecular flexibility index (Phi) is 3.70. The molecule has 3 heterocycles. The van der Waals surface area contributed by atoms with Crippen molar-refractivity contribution < 1.29 is 0 Å². The lowest BCUT2D eigenvalue weighted by atomic mass is 10.3. The second-order valence-electron chi connectivity index (χ2n) is 4.82. The molecular formula is C15H16N4OS. The molecule has 108 valence electrons. The Morgan fingerprint density at radius 3 is 3.05 bits per heavy atom. The summed E-state index contributed by atoms with van der Waals surface area (Å²) in [7, 11) is 0. The van der Waals surface area contributed by atoms with Crippen molar-refractivity contribution in [2.24, 2.45) is 0 Å². The fraction of sp³-hybridized carbons (Fsp3) is 0.267. The number of fused-ring (bicyclic) bond motifs is 1. The molecule has 3 aromatic rings. The van der Waals surface area contributed by atoms with E-state index in [1.807, 2.05) is 37.4 Å². The lowest BCUT2D eigenvalue weighted by Crippen LogP contribution is -2.21. The first kappa shape index (κ1) is 13.8. The van der Waals surface area contributed by atoms with Crippen molar-refractivity contribution in [2.45, 2.75) is 20.4 Å². The lowest BCUT2D eigenvalue weighted by molar-refractivity contribution is 0.731. The molecule has 0 saturated heterocycles. The molecule has 0 aromatic carbocycles. The van der Waals surface area contributed by atoms with Crippen LogP contribution < -0.4 is 10.9 Å². The molecule has 0 fully saturated rings. The number of rotatable bonds is 4. The molecule has 0 amide bonds. The highest BCUT2D eigenvalue weighted by atomic mass is 32.1. The standard InChI is InChI=1S/C15H16N4OS/c1-3-16-12-6-4-5-11(18-12)7-19-9-17-13-10(2)8-21-14(13)15(19)20/h4-6,8-9H,3,7H2,1-2H3,(H,16,18). The molecule has 21 heavy (non-hydrogen) atoms. The van der Waals surface area contributed by atoms with Crippen LogP contribution in [0.4, 0.5) is 5.82 Å². The van der Waals surface area contributed by atoms with Gasteiger partial charge < -0.3 is 5.32 Å². The Hall–Kier alpha value is -2.21. The first-order valence-corrected chi connectivity index (χ1v) is 7.70. The maximum Gasteiger partial charge on any atom is 0.271 e. The van der Waals surface area contributed by atoms with E-state index in [0.717, 1.165) is 29.1 Å². The summed E-state index contributed by atoms with van der Waals surface area (Å²) in [4.78, 5) is 21.3. The maximum absolute atomic E-state index is 12.4. The van der Waals surface area contributed by atoms with Crippen molar-refractivity contribution in [1.82, 2.24) is 14.5 Å². The van der Waals surface area contributed by atoms with Crippen molar-refractivity contribution >= 4 is 27.4 Å². The first-order chi connectivity index (χ1) is 10.2. The second kappa shape index (κ2) is 5.65. The Morgan fingerprint density at radius 2 is 2.24 bits per heavy atom. The minimum absolute atomic E-state index is 0.00578. The van der Waals surface area contributed by atoms with Gasteiger partial charge in [0.1, 0.15) is 10.5 Å². The van der Waals surface area contributed by atoms with Crippen LogP contribution in [0.1, 0.15) is 18.2 Å². The van der Waals surface area contributed by atoms with Gasteiger partial charge in [-0.05, 0) is 36.9 Å². The Balaban J connectivity index is 1.96. The molecule has 0 atom stereocenters. The molecule has 0 saturated carbocycles. The molecule has 0 aliphatic heterocycles. The predicted octanol–water partition coefficient (Wildman–Crippen LogP) is 2.64. The van der Waals surface area contributed by atoms with Crippen LogP contribution in [0.3, 0.4) is 0 Å². The zero-order valence-electron chi connectivity index (χ0n) is 12.0. The summed E-state index contributed by atoms with van der Waals surface area (Å²) in [5, 5.41) is 5.13. The number of hydrogen-bond donors (Lipinski definition) is 1. The number of aromatic nitrogens is 3. The molecule has 3 rings (SSSR count). The van der Waals surface area contributed by atoms with E-state index < -0.39 is 0 Å². The number of nitrogens with zero attached hydrogens (tertiary/aromatic N) is 3. The summed E-state index contributed by atoms with van der Waals surface area (Å²) in [5.74, 6) is 0.823. The molecule has 6 heteroatoms. The van der Waals surface area contributed by atoms with E-state index in [2.05, 4.69) is 15.3 Å². The summed E-state index contributed by atoms with van der Waals surface area (Å²) < 4.78 is 2.31. The van der Waals surface area contributed by atoms with E-state index >= 15 is 0 Å². The van der Waals surface area contributed by atoms with Crippen LogP contribution in [0.15, 0.2) is 34.7 Å². The summed E-state index contributed by atoms with van der Waals surface area (Å²) in [6.45, 7) is 5.24. The van der Waals surface area contributed by atoms with E-state index in [-0.39, 0.29) is 5.56 Å². The number of anilines is 1. The van der Waals surface area contributed by atoms with Gasteiger partial charge in [0.05, 0.1) is 24.1 Å². The smallest absolute Gasteiger partial charge is 0.271 e. The van der Waals surface area contributed by atoms with Crippen LogP contribution in [-0.2, 0) is 6.54 Å². The van der Waals surface area contributed by atoms with Crippen LogP contribution in [0.25, 0.3) is 10.2 Å². The highest BCUT2D eigenvalue weighted by Gasteiger charge is 2.09. The molecule has 0 unspecified atom stereocenters. The normalized spacial score (nSPS) is 11.0. The lowest BCUT2D eigenvalue weighted by Gasteiger charge is -2.07. The van der Waals surface area contributed by atoms with Gasteiger partial charge in [-0.1, -0.05) is 6.07 Å². The number of pyridine rings is 1. The van der Waals surface area contributed by atoms with E-state index in [4.69, 9.17) is 0 Å². The van der Waals surface area contributed by atoms with Gasteiger partial charge in [-0.15, -0.1) is 11.3 Å². The second-order valence-corrected chi connectivity index (χ2v) is 5.70. The number of hydrogen-bond acceptors (Lipinski definition) is 5. The minimum atomic E-state index is -0.00578. The van der Waals surface area contributed by atoms with Crippen LogP contribution >= 0.6 is 11.3 Å². The largest absolute Gasteiger partial charge is 0.370 e. The molecule has 5 nitrogen and oxygen atoms in total.